The molecule has 0 aliphatic rings. The molecular formula is C13H13FO2. The van der Waals surface area contributed by atoms with Gasteiger partial charge in [-0.2, -0.15) is 0 Å². The molecule has 0 atom stereocenters. The van der Waals surface area contributed by atoms with Crippen molar-refractivity contribution >= 4 is 11.9 Å². The zero-order valence-electron chi connectivity index (χ0n) is 9.07. The summed E-state index contributed by atoms with van der Waals surface area (Å²) in [4.78, 5) is 11.4. The minimum atomic E-state index is -0.871. The van der Waals surface area contributed by atoms with Gasteiger partial charge in [0.1, 0.15) is 0 Å². The van der Waals surface area contributed by atoms with E-state index in [1.165, 1.54) is 0 Å². The Bertz CT molecular complexity index is 407. The number of carbonyl (C=O) groups is 1. The van der Waals surface area contributed by atoms with Gasteiger partial charge in [-0.15, -0.1) is 0 Å². The molecule has 0 amide bonds. The molecule has 0 saturated heterocycles. The van der Waals surface area contributed by atoms with E-state index in [-0.39, 0.29) is 5.76 Å². The normalized spacial score (nSPS) is 11.0. The molecule has 0 heterocycles. The number of ketones is 1. The van der Waals surface area contributed by atoms with Gasteiger partial charge in [0.25, 0.3) is 5.78 Å². The first-order chi connectivity index (χ1) is 7.65. The lowest BCUT2D eigenvalue weighted by Gasteiger charge is -2.03. The van der Waals surface area contributed by atoms with Gasteiger partial charge in [0.05, 0.1) is 6.61 Å². The van der Waals surface area contributed by atoms with E-state index >= 15 is 0 Å². The van der Waals surface area contributed by atoms with E-state index in [9.17, 15) is 9.18 Å². The zero-order chi connectivity index (χ0) is 12.0. The monoisotopic (exact) mass is 220 g/mol. The fourth-order valence-electron chi connectivity index (χ4n) is 1.13. The smallest absolute Gasteiger partial charge is 0.255 e. The Kier molecular flexibility index (Phi) is 4.45. The SMILES string of the molecule is C=C(OCC)C(=O)/C(F)=C/c1ccccc1. The quantitative estimate of drug-likeness (QED) is 0.563. The van der Waals surface area contributed by atoms with Crippen molar-refractivity contribution in [3.05, 3.63) is 54.1 Å². The summed E-state index contributed by atoms with van der Waals surface area (Å²) in [5.74, 6) is -1.86. The molecule has 0 bridgehead atoms. The number of ether oxygens (including phenoxy) is 1. The van der Waals surface area contributed by atoms with Gasteiger partial charge in [-0.1, -0.05) is 36.9 Å². The summed E-state index contributed by atoms with van der Waals surface area (Å²) in [5, 5.41) is 0. The number of carbonyl (C=O) groups excluding carboxylic acids is 1. The predicted octanol–water partition coefficient (Wildman–Crippen LogP) is 3.12. The first-order valence-electron chi connectivity index (χ1n) is 4.93. The van der Waals surface area contributed by atoms with Crippen LogP contribution in [0.15, 0.2) is 48.5 Å². The van der Waals surface area contributed by atoms with Crippen molar-refractivity contribution < 1.29 is 13.9 Å². The lowest BCUT2D eigenvalue weighted by molar-refractivity contribution is -0.116. The van der Waals surface area contributed by atoms with Crippen molar-refractivity contribution in [2.75, 3.05) is 6.61 Å². The predicted molar refractivity (Wildman–Crippen MR) is 61.3 cm³/mol. The average Bonchev–Trinajstić information content (AvgIpc) is 2.29. The van der Waals surface area contributed by atoms with Crippen molar-refractivity contribution in [3.63, 3.8) is 0 Å². The standard InChI is InChI=1S/C13H13FO2/c1-3-16-10(2)13(15)12(14)9-11-7-5-4-6-8-11/h4-9H,2-3H2,1H3/b12-9-. The molecule has 0 N–H and O–H groups in total. The van der Waals surface area contributed by atoms with E-state index < -0.39 is 11.6 Å². The van der Waals surface area contributed by atoms with Crippen LogP contribution in [0.5, 0.6) is 0 Å². The molecule has 0 radical (unpaired) electrons. The molecule has 0 aromatic heterocycles. The Morgan fingerprint density at radius 2 is 2.06 bits per heavy atom. The van der Waals surface area contributed by atoms with Gasteiger partial charge >= 0.3 is 0 Å². The minimum absolute atomic E-state index is 0.174. The van der Waals surface area contributed by atoms with Gasteiger partial charge in [-0.25, -0.2) is 4.39 Å². The summed E-state index contributed by atoms with van der Waals surface area (Å²) in [5.41, 5.74) is 0.623. The van der Waals surface area contributed by atoms with Crippen molar-refractivity contribution in [2.24, 2.45) is 0 Å². The number of hydrogen-bond donors (Lipinski definition) is 0. The molecule has 84 valence electrons. The highest BCUT2D eigenvalue weighted by molar-refractivity contribution is 6.07. The molecule has 2 nitrogen and oxygen atoms in total. The number of rotatable bonds is 5. The van der Waals surface area contributed by atoms with Crippen LogP contribution in [-0.2, 0) is 9.53 Å². The summed E-state index contributed by atoms with van der Waals surface area (Å²) < 4.78 is 18.3. The lowest BCUT2D eigenvalue weighted by Crippen LogP contribution is -2.05. The van der Waals surface area contributed by atoms with Crippen LogP contribution in [0, 0.1) is 0 Å². The third-order valence-electron chi connectivity index (χ3n) is 1.88. The van der Waals surface area contributed by atoms with Crippen molar-refractivity contribution in [1.82, 2.24) is 0 Å². The molecule has 0 spiro atoms. The summed E-state index contributed by atoms with van der Waals surface area (Å²) in [6, 6.07) is 8.75. The highest BCUT2D eigenvalue weighted by Crippen LogP contribution is 2.12. The van der Waals surface area contributed by atoms with Crippen LogP contribution >= 0.6 is 0 Å². The largest absolute Gasteiger partial charge is 0.490 e. The highest BCUT2D eigenvalue weighted by Gasteiger charge is 2.13. The van der Waals surface area contributed by atoms with Crippen LogP contribution in [0.4, 0.5) is 4.39 Å². The summed E-state index contributed by atoms with van der Waals surface area (Å²) in [7, 11) is 0. The third kappa shape index (κ3) is 3.35. The van der Waals surface area contributed by atoms with Crippen LogP contribution in [-0.4, -0.2) is 12.4 Å². The number of hydrogen-bond acceptors (Lipinski definition) is 2. The second-order valence-electron chi connectivity index (χ2n) is 3.09. The maximum atomic E-state index is 13.4. The van der Waals surface area contributed by atoms with E-state index in [2.05, 4.69) is 6.58 Å². The topological polar surface area (TPSA) is 26.3 Å². The van der Waals surface area contributed by atoms with Crippen molar-refractivity contribution in [1.29, 1.82) is 0 Å². The van der Waals surface area contributed by atoms with Crippen molar-refractivity contribution in [3.8, 4) is 0 Å². The molecule has 0 saturated carbocycles. The molecular weight excluding hydrogens is 207 g/mol. The number of Topliss-reactive ketones (excluding diaryl/α,β-unsaturated/α-hetero) is 1. The summed E-state index contributed by atoms with van der Waals surface area (Å²) in [6.07, 6.45) is 1.16. The van der Waals surface area contributed by atoms with E-state index in [0.717, 1.165) is 6.08 Å². The minimum Gasteiger partial charge on any atom is -0.490 e. The molecule has 0 aliphatic heterocycles. The number of allylic oxidation sites excluding steroid dienone is 1. The first kappa shape index (κ1) is 12.2. The maximum Gasteiger partial charge on any atom is 0.255 e. The second kappa shape index (κ2) is 5.85. The molecule has 1 aromatic carbocycles. The van der Waals surface area contributed by atoms with Gasteiger partial charge in [0.15, 0.2) is 11.6 Å². The van der Waals surface area contributed by atoms with Crippen LogP contribution in [0.1, 0.15) is 12.5 Å². The van der Waals surface area contributed by atoms with Crippen LogP contribution in [0.25, 0.3) is 6.08 Å². The van der Waals surface area contributed by atoms with Crippen molar-refractivity contribution in [2.45, 2.75) is 6.92 Å². The Labute approximate surface area is 94.0 Å². The highest BCUT2D eigenvalue weighted by atomic mass is 19.1. The molecule has 3 heteroatoms. The molecule has 16 heavy (non-hydrogen) atoms. The molecule has 1 aromatic rings. The number of halogens is 1. The Hall–Kier alpha value is -1.90. The maximum absolute atomic E-state index is 13.4. The van der Waals surface area contributed by atoms with E-state index in [1.54, 1.807) is 31.2 Å². The Balaban J connectivity index is 2.78. The molecule has 0 fully saturated rings. The van der Waals surface area contributed by atoms with Gasteiger partial charge in [-0.3, -0.25) is 4.79 Å². The van der Waals surface area contributed by atoms with E-state index in [1.807, 2.05) is 6.07 Å². The molecule has 0 aliphatic carbocycles. The van der Waals surface area contributed by atoms with E-state index in [4.69, 9.17) is 4.74 Å². The summed E-state index contributed by atoms with van der Waals surface area (Å²) in [6.45, 7) is 5.35. The van der Waals surface area contributed by atoms with Gasteiger partial charge in [0, 0.05) is 0 Å². The zero-order valence-corrected chi connectivity index (χ0v) is 9.07. The summed E-state index contributed by atoms with van der Waals surface area (Å²) >= 11 is 0. The van der Waals surface area contributed by atoms with Crippen LogP contribution < -0.4 is 0 Å². The van der Waals surface area contributed by atoms with E-state index in [0.29, 0.717) is 12.2 Å². The first-order valence-corrected chi connectivity index (χ1v) is 4.93. The third-order valence-corrected chi connectivity index (χ3v) is 1.88. The van der Waals surface area contributed by atoms with Crippen LogP contribution in [0.3, 0.4) is 0 Å². The molecule has 1 rings (SSSR count). The fraction of sp³-hybridized carbons (Fsp3) is 0.154. The Morgan fingerprint density at radius 1 is 1.44 bits per heavy atom. The number of benzene rings is 1. The van der Waals surface area contributed by atoms with Gasteiger partial charge < -0.3 is 4.74 Å². The average molecular weight is 220 g/mol. The van der Waals surface area contributed by atoms with Gasteiger partial charge in [-0.05, 0) is 18.6 Å². The van der Waals surface area contributed by atoms with Gasteiger partial charge in [0.2, 0.25) is 0 Å². The fourth-order valence-corrected chi connectivity index (χ4v) is 1.13. The molecule has 0 unspecified atom stereocenters. The second-order valence-corrected chi connectivity index (χ2v) is 3.09. The van der Waals surface area contributed by atoms with Crippen LogP contribution in [0.2, 0.25) is 0 Å². The Morgan fingerprint density at radius 3 is 2.62 bits per heavy atom. The lowest BCUT2D eigenvalue weighted by atomic mass is 10.2.